The molecule has 0 spiro atoms. The number of aromatic nitrogens is 2. The first kappa shape index (κ1) is 13.1. The first-order valence-electron chi connectivity index (χ1n) is 6.89. The molecule has 1 heterocycles. The molecule has 100 valence electrons. The van der Waals surface area contributed by atoms with E-state index < -0.39 is 0 Å². The van der Waals surface area contributed by atoms with E-state index in [0.717, 1.165) is 24.2 Å². The van der Waals surface area contributed by atoms with Crippen LogP contribution in [-0.2, 0) is 0 Å². The van der Waals surface area contributed by atoms with E-state index in [2.05, 4.69) is 22.2 Å². The van der Waals surface area contributed by atoms with E-state index in [1.54, 1.807) is 6.07 Å². The van der Waals surface area contributed by atoms with Gasteiger partial charge >= 0.3 is 0 Å². The van der Waals surface area contributed by atoms with Gasteiger partial charge in [-0.05, 0) is 24.7 Å². The summed E-state index contributed by atoms with van der Waals surface area (Å²) in [5.41, 5.74) is -0.0732. The molecular formula is C14H23N3O. The maximum Gasteiger partial charge on any atom is 0.252 e. The summed E-state index contributed by atoms with van der Waals surface area (Å²) in [6, 6.07) is 1.55. The van der Waals surface area contributed by atoms with Gasteiger partial charge in [-0.2, -0.15) is 0 Å². The maximum absolute atomic E-state index is 11.5. The second-order valence-electron chi connectivity index (χ2n) is 5.84. The highest BCUT2D eigenvalue weighted by Gasteiger charge is 2.21. The average Bonchev–Trinajstić information content (AvgIpc) is 2.72. The van der Waals surface area contributed by atoms with Gasteiger partial charge < -0.3 is 10.3 Å². The summed E-state index contributed by atoms with van der Waals surface area (Å²) in [7, 11) is 0. The summed E-state index contributed by atoms with van der Waals surface area (Å²) in [5.74, 6) is 3.27. The number of H-pyrrole nitrogens is 1. The Morgan fingerprint density at radius 1 is 1.50 bits per heavy atom. The summed E-state index contributed by atoms with van der Waals surface area (Å²) in [4.78, 5) is 18.8. The van der Waals surface area contributed by atoms with Gasteiger partial charge in [0.2, 0.25) is 0 Å². The molecule has 2 unspecified atom stereocenters. The normalized spacial score (nSPS) is 23.6. The van der Waals surface area contributed by atoms with E-state index in [9.17, 15) is 4.79 Å². The van der Waals surface area contributed by atoms with E-state index in [4.69, 9.17) is 0 Å². The van der Waals surface area contributed by atoms with Crippen LogP contribution in [0.15, 0.2) is 10.9 Å². The van der Waals surface area contributed by atoms with Gasteiger partial charge in [0.05, 0.1) is 0 Å². The lowest BCUT2D eigenvalue weighted by Crippen LogP contribution is -2.17. The van der Waals surface area contributed by atoms with Gasteiger partial charge in [-0.1, -0.05) is 27.2 Å². The molecule has 2 rings (SSSR count). The molecule has 0 bridgehead atoms. The van der Waals surface area contributed by atoms with Gasteiger partial charge in [0.25, 0.3) is 5.56 Å². The van der Waals surface area contributed by atoms with Crippen LogP contribution in [-0.4, -0.2) is 16.5 Å². The molecule has 1 aliphatic rings. The Labute approximate surface area is 108 Å². The molecule has 0 saturated heterocycles. The topological polar surface area (TPSA) is 57.8 Å². The molecule has 4 nitrogen and oxygen atoms in total. The molecule has 0 radical (unpaired) electrons. The van der Waals surface area contributed by atoms with Crippen LogP contribution >= 0.6 is 0 Å². The van der Waals surface area contributed by atoms with Crippen molar-refractivity contribution < 1.29 is 0 Å². The van der Waals surface area contributed by atoms with Crippen molar-refractivity contribution in [1.29, 1.82) is 0 Å². The number of hydrogen-bond donors (Lipinski definition) is 2. The molecule has 0 aliphatic heterocycles. The number of hydrogen-bond acceptors (Lipinski definition) is 3. The van der Waals surface area contributed by atoms with Gasteiger partial charge in [-0.3, -0.25) is 4.79 Å². The van der Waals surface area contributed by atoms with Gasteiger partial charge in [-0.15, -0.1) is 0 Å². The highest BCUT2D eigenvalue weighted by atomic mass is 16.1. The third-order valence-corrected chi connectivity index (χ3v) is 3.68. The van der Waals surface area contributed by atoms with Crippen LogP contribution in [0.4, 0.5) is 5.82 Å². The first-order valence-corrected chi connectivity index (χ1v) is 6.89. The van der Waals surface area contributed by atoms with E-state index >= 15 is 0 Å². The van der Waals surface area contributed by atoms with Crippen molar-refractivity contribution >= 4 is 5.82 Å². The monoisotopic (exact) mass is 249 g/mol. The number of nitrogens with zero attached hydrogens (tertiary/aromatic N) is 1. The van der Waals surface area contributed by atoms with Crippen LogP contribution in [0, 0.1) is 11.8 Å². The van der Waals surface area contributed by atoms with Crippen LogP contribution in [0.1, 0.15) is 51.8 Å². The van der Waals surface area contributed by atoms with Gasteiger partial charge in [0.15, 0.2) is 0 Å². The van der Waals surface area contributed by atoms with E-state index in [-0.39, 0.29) is 11.5 Å². The molecule has 2 atom stereocenters. The second-order valence-corrected chi connectivity index (χ2v) is 5.84. The number of anilines is 1. The van der Waals surface area contributed by atoms with Crippen LogP contribution in [0.3, 0.4) is 0 Å². The Hall–Kier alpha value is -1.32. The minimum Gasteiger partial charge on any atom is -0.370 e. The number of rotatable bonds is 4. The van der Waals surface area contributed by atoms with E-state index in [1.807, 2.05) is 13.8 Å². The third-order valence-electron chi connectivity index (χ3n) is 3.68. The maximum atomic E-state index is 11.5. The zero-order valence-electron chi connectivity index (χ0n) is 11.5. The predicted octanol–water partition coefficient (Wildman–Crippen LogP) is 2.74. The van der Waals surface area contributed by atoms with Crippen molar-refractivity contribution in [3.05, 3.63) is 22.2 Å². The largest absolute Gasteiger partial charge is 0.370 e. The molecule has 1 aromatic rings. The van der Waals surface area contributed by atoms with E-state index in [1.165, 1.54) is 19.3 Å². The molecule has 4 heteroatoms. The van der Waals surface area contributed by atoms with Crippen LogP contribution in [0.5, 0.6) is 0 Å². The fourth-order valence-electron chi connectivity index (χ4n) is 2.60. The number of aromatic amines is 1. The Balaban J connectivity index is 1.98. The Morgan fingerprint density at radius 2 is 2.28 bits per heavy atom. The third kappa shape index (κ3) is 3.34. The molecule has 1 aromatic heterocycles. The SMILES string of the molecule is CC1CCC(CNc2cc(=O)[nH]c(C(C)C)n2)C1. The fraction of sp³-hybridized carbons (Fsp3) is 0.714. The van der Waals surface area contributed by atoms with Gasteiger partial charge in [0, 0.05) is 18.5 Å². The molecule has 18 heavy (non-hydrogen) atoms. The van der Waals surface area contributed by atoms with Gasteiger partial charge in [-0.25, -0.2) is 4.98 Å². The van der Waals surface area contributed by atoms with Crippen molar-refractivity contribution in [2.24, 2.45) is 11.8 Å². The minimum absolute atomic E-state index is 0.0732. The predicted molar refractivity (Wildman–Crippen MR) is 73.9 cm³/mol. The summed E-state index contributed by atoms with van der Waals surface area (Å²) < 4.78 is 0. The van der Waals surface area contributed by atoms with Crippen LogP contribution in [0.25, 0.3) is 0 Å². The zero-order valence-corrected chi connectivity index (χ0v) is 11.5. The lowest BCUT2D eigenvalue weighted by molar-refractivity contribution is 0.536. The quantitative estimate of drug-likeness (QED) is 0.862. The molecule has 1 saturated carbocycles. The first-order chi connectivity index (χ1) is 8.54. The van der Waals surface area contributed by atoms with Gasteiger partial charge in [0.1, 0.15) is 11.6 Å². The molecule has 1 aliphatic carbocycles. The summed E-state index contributed by atoms with van der Waals surface area (Å²) >= 11 is 0. The lowest BCUT2D eigenvalue weighted by Gasteiger charge is -2.12. The van der Waals surface area contributed by atoms with Crippen molar-refractivity contribution in [2.45, 2.75) is 46.0 Å². The molecule has 0 aromatic carbocycles. The minimum atomic E-state index is -0.0732. The molecule has 2 N–H and O–H groups in total. The highest BCUT2D eigenvalue weighted by Crippen LogP contribution is 2.30. The summed E-state index contributed by atoms with van der Waals surface area (Å²) in [5, 5.41) is 3.31. The van der Waals surface area contributed by atoms with Crippen molar-refractivity contribution in [3.8, 4) is 0 Å². The van der Waals surface area contributed by atoms with Crippen molar-refractivity contribution in [2.75, 3.05) is 11.9 Å². The average molecular weight is 249 g/mol. The van der Waals surface area contributed by atoms with Crippen LogP contribution in [0.2, 0.25) is 0 Å². The zero-order chi connectivity index (χ0) is 13.1. The second kappa shape index (κ2) is 5.55. The van der Waals surface area contributed by atoms with Crippen LogP contribution < -0.4 is 10.9 Å². The Morgan fingerprint density at radius 3 is 2.89 bits per heavy atom. The van der Waals surface area contributed by atoms with E-state index in [0.29, 0.717) is 5.82 Å². The molecular weight excluding hydrogens is 226 g/mol. The van der Waals surface area contributed by atoms with Crippen molar-refractivity contribution in [3.63, 3.8) is 0 Å². The van der Waals surface area contributed by atoms with Crippen molar-refractivity contribution in [1.82, 2.24) is 9.97 Å². The standard InChI is InChI=1S/C14H23N3O/c1-9(2)14-16-12(7-13(18)17-14)15-8-11-5-4-10(3)6-11/h7,9-11H,4-6,8H2,1-3H3,(H2,15,16,17,18). The molecule has 0 amide bonds. The Kier molecular flexibility index (Phi) is 4.04. The summed E-state index contributed by atoms with van der Waals surface area (Å²) in [6.07, 6.45) is 3.90. The fourth-order valence-corrected chi connectivity index (χ4v) is 2.60. The smallest absolute Gasteiger partial charge is 0.252 e. The number of nitrogens with one attached hydrogen (secondary N) is 2. The lowest BCUT2D eigenvalue weighted by atomic mass is 10.1. The summed E-state index contributed by atoms with van der Waals surface area (Å²) in [6.45, 7) is 7.29. The highest BCUT2D eigenvalue weighted by molar-refractivity contribution is 5.33. The molecule has 1 fully saturated rings. The Bertz CT molecular complexity index is 453.